The third kappa shape index (κ3) is 8.05. The van der Waals surface area contributed by atoms with E-state index in [1.54, 1.807) is 24.3 Å². The van der Waals surface area contributed by atoms with Gasteiger partial charge in [0.05, 0.1) is 49.5 Å². The number of nitro groups is 2. The predicted octanol–water partition coefficient (Wildman–Crippen LogP) is 13.3. The van der Waals surface area contributed by atoms with E-state index in [4.69, 9.17) is 0 Å². The Labute approximate surface area is 345 Å². The first-order valence-electron chi connectivity index (χ1n) is 19.9. The summed E-state index contributed by atoms with van der Waals surface area (Å²) in [7, 11) is 0. The molecular formula is C50H48N5O4+. The zero-order chi connectivity index (χ0) is 42.0. The van der Waals surface area contributed by atoms with Crippen LogP contribution in [0, 0.1) is 60.8 Å². The van der Waals surface area contributed by atoms with Gasteiger partial charge in [0, 0.05) is 65.2 Å². The molecule has 59 heavy (non-hydrogen) atoms. The summed E-state index contributed by atoms with van der Waals surface area (Å²) < 4.78 is 0. The fourth-order valence-corrected chi connectivity index (χ4v) is 8.33. The van der Waals surface area contributed by atoms with Crippen molar-refractivity contribution in [3.8, 4) is 0 Å². The first-order chi connectivity index (χ1) is 28.4. The number of rotatable bonds is 13. The van der Waals surface area contributed by atoms with Crippen molar-refractivity contribution in [2.75, 3.05) is 28.2 Å². The summed E-state index contributed by atoms with van der Waals surface area (Å²) in [4.78, 5) is 26.6. The van der Waals surface area contributed by atoms with Crippen LogP contribution in [-0.2, 0) is 0 Å². The van der Waals surface area contributed by atoms with Crippen molar-refractivity contribution < 1.29 is 9.85 Å². The Hall–Kier alpha value is -7.13. The average molecular weight is 783 g/mol. The van der Waals surface area contributed by atoms with Crippen LogP contribution in [-0.4, -0.2) is 22.9 Å². The monoisotopic (exact) mass is 782 g/mol. The molecule has 7 aromatic rings. The van der Waals surface area contributed by atoms with Crippen LogP contribution in [0.15, 0.2) is 133 Å². The highest BCUT2D eigenvalue weighted by molar-refractivity contribution is 6.00. The van der Waals surface area contributed by atoms with Crippen LogP contribution >= 0.6 is 0 Å². The maximum absolute atomic E-state index is 11.5. The number of non-ortho nitro benzene ring substituents is 2. The molecule has 0 fully saturated rings. The fraction of sp³-hybridized carbons (Fsp3) is 0.180. The van der Waals surface area contributed by atoms with E-state index in [2.05, 4.69) is 147 Å². The van der Waals surface area contributed by atoms with E-state index in [0.717, 1.165) is 78.6 Å². The number of nitro benzene ring substituents is 2. The summed E-state index contributed by atoms with van der Waals surface area (Å²) in [6, 6.07) is 44.4. The first kappa shape index (κ1) is 40.1. The molecular weight excluding hydrogens is 735 g/mol. The molecule has 0 aliphatic heterocycles. The molecule has 0 saturated heterocycles. The molecule has 0 aliphatic carbocycles. The van der Waals surface area contributed by atoms with Crippen molar-refractivity contribution in [2.45, 2.75) is 48.5 Å². The standard InChI is InChI=1S/C50H48N5O4/c1-8-52(47-26-22-41(54(56)57)30-33(47)4)39-18-14-37(15-19-39)49(38-16-20-40(21-17-38)53(9-2)48-27-23-42(55(58)59)31-34(48)5)45-24-25-46(44-13-11-10-12-43(44)45)51-50-35(6)28-32(3)29-36(50)7/h10-31,51H,8-9H2,1-7H3/q+1. The van der Waals surface area contributed by atoms with E-state index in [9.17, 15) is 20.2 Å². The Morgan fingerprint density at radius 3 is 1.42 bits per heavy atom. The molecule has 9 heteroatoms. The van der Waals surface area contributed by atoms with Gasteiger partial charge in [-0.1, -0.05) is 29.8 Å². The molecule has 0 aliphatic rings. The minimum Gasteiger partial charge on any atom is -0.354 e. The van der Waals surface area contributed by atoms with Gasteiger partial charge in [-0.15, -0.1) is 0 Å². The summed E-state index contributed by atoms with van der Waals surface area (Å²) in [5, 5.41) is 28.9. The lowest BCUT2D eigenvalue weighted by Gasteiger charge is -2.26. The third-order valence-corrected chi connectivity index (χ3v) is 11.1. The van der Waals surface area contributed by atoms with Crippen molar-refractivity contribution in [3.05, 3.63) is 204 Å². The summed E-state index contributed by atoms with van der Waals surface area (Å²) in [6.45, 7) is 15.7. The molecule has 1 N–H and O–H groups in total. The summed E-state index contributed by atoms with van der Waals surface area (Å²) in [5.41, 5.74) is 14.5. The number of fused-ring (bicyclic) bond motifs is 1. The molecule has 0 spiro atoms. The molecule has 7 aromatic carbocycles. The van der Waals surface area contributed by atoms with E-state index < -0.39 is 0 Å². The summed E-state index contributed by atoms with van der Waals surface area (Å²) in [5.74, 6) is 1.07. The Kier molecular flexibility index (Phi) is 11.4. The second kappa shape index (κ2) is 16.8. The van der Waals surface area contributed by atoms with Crippen molar-refractivity contribution >= 4 is 56.3 Å². The van der Waals surface area contributed by atoms with Gasteiger partial charge < -0.3 is 15.1 Å². The molecule has 7 rings (SSSR count). The van der Waals surface area contributed by atoms with Crippen LogP contribution in [0.1, 0.15) is 58.4 Å². The molecule has 0 atom stereocenters. The molecule has 0 radical (unpaired) electrons. The van der Waals surface area contributed by atoms with Gasteiger partial charge in [-0.25, -0.2) is 0 Å². The number of aryl methyl sites for hydroxylation is 5. The van der Waals surface area contributed by atoms with Gasteiger partial charge in [-0.3, -0.25) is 20.2 Å². The molecule has 0 heterocycles. The highest BCUT2D eigenvalue weighted by atomic mass is 16.6. The smallest absolute Gasteiger partial charge is 0.269 e. The number of nitrogens with zero attached hydrogens (tertiary/aromatic N) is 4. The summed E-state index contributed by atoms with van der Waals surface area (Å²) >= 11 is 0. The zero-order valence-electron chi connectivity index (χ0n) is 34.5. The Bertz CT molecular complexity index is 2550. The number of hydrogen-bond donors (Lipinski definition) is 1. The van der Waals surface area contributed by atoms with Crippen molar-refractivity contribution in [1.82, 2.24) is 0 Å². The van der Waals surface area contributed by atoms with E-state index in [-0.39, 0.29) is 21.2 Å². The van der Waals surface area contributed by atoms with Crippen LogP contribution in [0.25, 0.3) is 10.8 Å². The van der Waals surface area contributed by atoms with Gasteiger partial charge in [0.25, 0.3) is 11.4 Å². The number of nitrogens with one attached hydrogen (secondary N) is 1. The zero-order valence-corrected chi connectivity index (χ0v) is 34.5. The summed E-state index contributed by atoms with van der Waals surface area (Å²) in [6.07, 6.45) is 0. The fourth-order valence-electron chi connectivity index (χ4n) is 8.33. The minimum absolute atomic E-state index is 0.0745. The lowest BCUT2D eigenvalue weighted by Crippen LogP contribution is -2.18. The van der Waals surface area contributed by atoms with Crippen LogP contribution in [0.5, 0.6) is 0 Å². The third-order valence-electron chi connectivity index (χ3n) is 11.1. The predicted molar refractivity (Wildman–Crippen MR) is 242 cm³/mol. The van der Waals surface area contributed by atoms with E-state index >= 15 is 0 Å². The lowest BCUT2D eigenvalue weighted by atomic mass is 9.82. The minimum atomic E-state index is -0.362. The first-order valence-corrected chi connectivity index (χ1v) is 19.9. The SMILES string of the molecule is CCN(c1ccc([C+](c2ccc(N(CC)c3ccc([N+](=O)[O-])cc3C)cc2)c2ccc(Nc3c(C)cc(C)cc3C)c3ccccc23)cc1)c1ccc([N+](=O)[O-])cc1C. The molecule has 9 nitrogen and oxygen atoms in total. The second-order valence-corrected chi connectivity index (χ2v) is 15.0. The van der Waals surface area contributed by atoms with Gasteiger partial charge in [0.2, 0.25) is 0 Å². The second-order valence-electron chi connectivity index (χ2n) is 15.0. The molecule has 0 saturated carbocycles. The number of hydrogen-bond acceptors (Lipinski definition) is 7. The quantitative estimate of drug-likeness (QED) is 0.0537. The van der Waals surface area contributed by atoms with Gasteiger partial charge in [-0.2, -0.15) is 0 Å². The van der Waals surface area contributed by atoms with Crippen molar-refractivity contribution in [1.29, 1.82) is 0 Å². The van der Waals surface area contributed by atoms with Gasteiger partial charge in [-0.05, 0) is 156 Å². The molecule has 0 bridgehead atoms. The number of benzene rings is 7. The average Bonchev–Trinajstić information content (AvgIpc) is 3.22. The maximum atomic E-state index is 11.5. The molecule has 296 valence electrons. The largest absolute Gasteiger partial charge is 0.354 e. The van der Waals surface area contributed by atoms with Gasteiger partial charge in [0.15, 0.2) is 0 Å². The highest BCUT2D eigenvalue weighted by Crippen LogP contribution is 2.41. The highest BCUT2D eigenvalue weighted by Gasteiger charge is 2.27. The van der Waals surface area contributed by atoms with Crippen LogP contribution in [0.3, 0.4) is 0 Å². The maximum Gasteiger partial charge on any atom is 0.269 e. The number of anilines is 6. The van der Waals surface area contributed by atoms with Crippen molar-refractivity contribution in [2.24, 2.45) is 0 Å². The van der Waals surface area contributed by atoms with Crippen molar-refractivity contribution in [3.63, 3.8) is 0 Å². The van der Waals surface area contributed by atoms with Gasteiger partial charge >= 0.3 is 0 Å². The normalized spacial score (nSPS) is 11.0. The molecule has 0 amide bonds. The van der Waals surface area contributed by atoms with Crippen LogP contribution in [0.2, 0.25) is 0 Å². The topological polar surface area (TPSA) is 105 Å². The Morgan fingerprint density at radius 2 is 1.00 bits per heavy atom. The van der Waals surface area contributed by atoms with E-state index in [0.29, 0.717) is 13.1 Å². The van der Waals surface area contributed by atoms with E-state index in [1.807, 2.05) is 26.0 Å². The lowest BCUT2D eigenvalue weighted by molar-refractivity contribution is -0.385. The Balaban J connectivity index is 1.33. The molecule has 0 unspecified atom stereocenters. The van der Waals surface area contributed by atoms with Gasteiger partial charge in [0.1, 0.15) is 0 Å². The van der Waals surface area contributed by atoms with Crippen LogP contribution in [0.4, 0.5) is 45.5 Å². The Morgan fingerprint density at radius 1 is 0.542 bits per heavy atom. The van der Waals surface area contributed by atoms with Crippen LogP contribution < -0.4 is 15.1 Å². The van der Waals surface area contributed by atoms with E-state index in [1.165, 1.54) is 16.7 Å². The molecule has 0 aromatic heterocycles.